The van der Waals surface area contributed by atoms with Gasteiger partial charge < -0.3 is 13.6 Å². The van der Waals surface area contributed by atoms with E-state index in [0.29, 0.717) is 0 Å². The second-order valence-corrected chi connectivity index (χ2v) is 40.1. The molecule has 0 atom stereocenters. The molecule has 0 radical (unpaired) electrons. The van der Waals surface area contributed by atoms with Crippen molar-refractivity contribution in [3.8, 4) is 118 Å². The molecule has 0 saturated heterocycles. The first kappa shape index (κ1) is 80.1. The molecule has 650 valence electrons. The zero-order chi connectivity index (χ0) is 91.6. The fraction of sp³-hybridized carbons (Fsp3) is 0.0952. The van der Waals surface area contributed by atoms with Crippen LogP contribution in [0.2, 0.25) is 0 Å². The van der Waals surface area contributed by atoms with E-state index in [-0.39, 0.29) is 21.7 Å². The fourth-order valence-electron chi connectivity index (χ4n) is 23.5. The summed E-state index contributed by atoms with van der Waals surface area (Å²) in [6.45, 7) is 18.4. The van der Waals surface area contributed by atoms with E-state index in [1.165, 1.54) is 119 Å². The molecule has 8 aromatic heterocycles. The average Bonchev–Trinajstić information content (AvgIpc) is 1.53. The summed E-state index contributed by atoms with van der Waals surface area (Å²) in [6.07, 6.45) is 0. The van der Waals surface area contributed by atoms with Crippen LogP contribution < -0.4 is 0 Å². The highest BCUT2D eigenvalue weighted by Crippen LogP contribution is 2.58. The van der Waals surface area contributed by atoms with E-state index in [2.05, 4.69) is 451 Å². The Balaban J connectivity index is 0.000000104. The molecule has 137 heavy (non-hydrogen) atoms. The number of fused-ring (bicyclic) bond motifs is 30. The van der Waals surface area contributed by atoms with Crippen molar-refractivity contribution in [3.63, 3.8) is 0 Å². The summed E-state index contributed by atoms with van der Waals surface area (Å²) in [5.41, 5.74) is 38.2. The van der Waals surface area contributed by atoms with E-state index in [1.54, 1.807) is 0 Å². The molecule has 0 spiro atoms. The number of rotatable bonds is 8. The predicted molar refractivity (Wildman–Crippen MR) is 567 cm³/mol. The Kier molecular flexibility index (Phi) is 17.5. The first-order chi connectivity index (χ1) is 67.0. The van der Waals surface area contributed by atoms with Crippen LogP contribution in [0.5, 0.6) is 0 Å². The fourth-order valence-corrected chi connectivity index (χ4v) is 24.6. The van der Waals surface area contributed by atoms with Crippen molar-refractivity contribution < 1.29 is 4.42 Å². The van der Waals surface area contributed by atoms with Crippen LogP contribution in [0.15, 0.2) is 399 Å². The molecule has 4 aliphatic carbocycles. The molecule has 0 aliphatic heterocycles. The summed E-state index contributed by atoms with van der Waals surface area (Å²) in [5, 5.41) is 12.5. The van der Waals surface area contributed by atoms with Crippen molar-refractivity contribution in [1.82, 2.24) is 43.6 Å². The van der Waals surface area contributed by atoms with E-state index in [4.69, 9.17) is 34.3 Å². The Bertz CT molecular complexity index is 9020. The van der Waals surface area contributed by atoms with E-state index in [1.807, 2.05) is 23.5 Å². The maximum Gasteiger partial charge on any atom is 0.235 e. The Labute approximate surface area is 795 Å². The van der Waals surface area contributed by atoms with Crippen LogP contribution in [0, 0.1) is 0 Å². The normalized spacial score (nSPS) is 14.1. The van der Waals surface area contributed by atoms with Crippen molar-refractivity contribution in [2.45, 2.75) is 77.0 Å². The van der Waals surface area contributed by atoms with E-state index in [9.17, 15) is 0 Å². The largest absolute Gasteiger partial charge is 0.456 e. The molecule has 0 N–H and O–H groups in total. The summed E-state index contributed by atoms with van der Waals surface area (Å²) >= 11 is 1.87. The molecule has 0 bridgehead atoms. The van der Waals surface area contributed by atoms with Crippen LogP contribution in [0.3, 0.4) is 0 Å². The zero-order valence-corrected chi connectivity index (χ0v) is 77.7. The van der Waals surface area contributed by atoms with Crippen molar-refractivity contribution in [2.75, 3.05) is 0 Å². The molecule has 10 nitrogen and oxygen atoms in total. The van der Waals surface area contributed by atoms with E-state index in [0.717, 1.165) is 152 Å². The highest BCUT2D eigenvalue weighted by Gasteiger charge is 2.45. The van der Waals surface area contributed by atoms with Crippen molar-refractivity contribution in [1.29, 1.82) is 0 Å². The van der Waals surface area contributed by atoms with Gasteiger partial charge in [-0.3, -0.25) is 4.57 Å². The van der Waals surface area contributed by atoms with Crippen LogP contribution in [0.25, 0.3) is 226 Å². The Morgan fingerprint density at radius 3 is 1.08 bits per heavy atom. The van der Waals surface area contributed by atoms with Crippen LogP contribution in [-0.2, 0) is 21.7 Å². The van der Waals surface area contributed by atoms with Gasteiger partial charge in [-0.25, -0.2) is 29.9 Å². The smallest absolute Gasteiger partial charge is 0.235 e. The van der Waals surface area contributed by atoms with E-state index >= 15 is 0 Å². The van der Waals surface area contributed by atoms with Gasteiger partial charge in [0.2, 0.25) is 5.95 Å². The second-order valence-electron chi connectivity index (χ2n) is 39.0. The van der Waals surface area contributed by atoms with Crippen molar-refractivity contribution in [2.24, 2.45) is 0 Å². The van der Waals surface area contributed by atoms with Crippen LogP contribution >= 0.6 is 11.3 Å². The summed E-state index contributed by atoms with van der Waals surface area (Å²) in [7, 11) is 0. The number of thiophene rings is 1. The Morgan fingerprint density at radius 2 is 0.584 bits per heavy atom. The van der Waals surface area contributed by atoms with Gasteiger partial charge in [0.25, 0.3) is 0 Å². The van der Waals surface area contributed by atoms with Crippen LogP contribution in [0.4, 0.5) is 0 Å². The maximum absolute atomic E-state index is 6.27. The number of para-hydroxylation sites is 4. The lowest BCUT2D eigenvalue weighted by molar-refractivity contribution is 0.632. The van der Waals surface area contributed by atoms with Crippen molar-refractivity contribution in [3.05, 3.63) is 439 Å². The van der Waals surface area contributed by atoms with Gasteiger partial charge in [-0.2, -0.15) is 0 Å². The molecule has 0 amide bonds. The van der Waals surface area contributed by atoms with Crippen LogP contribution in [0.1, 0.15) is 100 Å². The topological polar surface area (TPSA) is 105 Å². The van der Waals surface area contributed by atoms with Gasteiger partial charge in [0.05, 0.1) is 67.3 Å². The van der Waals surface area contributed by atoms with Gasteiger partial charge in [-0.15, -0.1) is 11.3 Å². The standard InChI is InChI=1S/C43H29N3O.C43H29N3S.C40H31N3/c2*1-43(2)32-17-9-6-14-29(32)39-40(26-12-4-3-5-13-26)44-42(45-41(39)43)27-20-22-28(23-21-27)46-33-18-10-7-15-30(33)37-34(46)24-25-36-38(37)31-16-8-11-19-35(31)47-36;1-39(2)28-19-11-8-16-25(28)33-30(39)22-23-32-34(33)27-18-10-13-21-31(27)43(32)38-41-36(24-14-6-5-7-15-24)35-26-17-9-12-20-29(26)40(3,4)37(35)42-38/h2*3-25H,1-2H3;5-23H,1-4H3. The Hall–Kier alpha value is -16.6. The second kappa shape index (κ2) is 30.0. The van der Waals surface area contributed by atoms with Gasteiger partial charge in [0.1, 0.15) is 11.2 Å². The summed E-state index contributed by atoms with van der Waals surface area (Å²) in [6, 6.07) is 141. The number of aromatic nitrogens is 9. The van der Waals surface area contributed by atoms with E-state index < -0.39 is 0 Å². The molecule has 4 aliphatic rings. The highest BCUT2D eigenvalue weighted by atomic mass is 32.1. The number of furan rings is 1. The van der Waals surface area contributed by atoms with Crippen LogP contribution in [-0.4, -0.2) is 43.6 Å². The molecule has 17 aromatic carbocycles. The number of benzene rings is 17. The molecule has 0 fully saturated rings. The molecule has 8 heterocycles. The molecular weight excluding hydrogens is 1690 g/mol. The summed E-state index contributed by atoms with van der Waals surface area (Å²) < 4.78 is 16.0. The lowest BCUT2D eigenvalue weighted by Crippen LogP contribution is -2.18. The Morgan fingerprint density at radius 1 is 0.219 bits per heavy atom. The first-order valence-corrected chi connectivity index (χ1v) is 48.1. The molecule has 0 saturated carbocycles. The maximum atomic E-state index is 6.27. The third-order valence-corrected chi connectivity index (χ3v) is 31.1. The van der Waals surface area contributed by atoms with Gasteiger partial charge >= 0.3 is 0 Å². The van der Waals surface area contributed by atoms with Gasteiger partial charge in [-0.05, 0) is 165 Å². The van der Waals surface area contributed by atoms with Crippen molar-refractivity contribution >= 4 is 119 Å². The monoisotopic (exact) mass is 1780 g/mol. The molecule has 11 heteroatoms. The molecular formula is C126H89N9OS. The number of hydrogen-bond donors (Lipinski definition) is 0. The molecule has 25 aromatic rings. The first-order valence-electron chi connectivity index (χ1n) is 47.3. The average molecular weight is 1780 g/mol. The zero-order valence-electron chi connectivity index (χ0n) is 76.9. The van der Waals surface area contributed by atoms with Gasteiger partial charge in [0, 0.05) is 141 Å². The molecule has 29 rings (SSSR count). The lowest BCUT2D eigenvalue weighted by Gasteiger charge is -2.22. The molecule has 0 unspecified atom stereocenters. The lowest BCUT2D eigenvalue weighted by atomic mass is 9.82. The predicted octanol–water partition coefficient (Wildman–Crippen LogP) is 32.5. The summed E-state index contributed by atoms with van der Waals surface area (Å²) in [4.78, 5) is 32.1. The minimum absolute atomic E-state index is 0.0658. The SMILES string of the molecule is CC1(C)c2ccccc2-c2c(-c3ccccc3)nc(-c3ccc(-n4c5ccccc5c5c6c(ccc54)oc4ccccc46)cc3)nc21.CC1(C)c2ccccc2-c2c(-c3ccccc3)nc(-c3ccc(-n4c5ccccc5c5c6c(ccc54)sc4ccccc46)cc3)nc21.CC1(C)c2ccccc2-c2c1ccc1c2c2ccccc2n1-c1nc(-c2ccccc2)c2c(n1)C(C)(C)c1ccccc1-2. The number of nitrogens with zero attached hydrogens (tertiary/aromatic N) is 9. The quantitative estimate of drug-likeness (QED) is 0.149. The minimum atomic E-state index is -0.254. The van der Waals surface area contributed by atoms with Gasteiger partial charge in [0.15, 0.2) is 11.6 Å². The number of hydrogen-bond acceptors (Lipinski definition) is 8. The van der Waals surface area contributed by atoms with Gasteiger partial charge in [-0.1, -0.05) is 341 Å². The third-order valence-electron chi connectivity index (χ3n) is 29.9. The third kappa shape index (κ3) is 11.8. The summed E-state index contributed by atoms with van der Waals surface area (Å²) in [5.74, 6) is 2.21. The minimum Gasteiger partial charge on any atom is -0.456 e. The highest BCUT2D eigenvalue weighted by molar-refractivity contribution is 7.26.